The minimum atomic E-state index is -1.21. The SMILES string of the molecule is O=C(N[C@@H](C(=O)O)C(c1ccccc1)c1ccccc1)[C@H]1CCCN1C(=O)OCc1ccccc1. The van der Waals surface area contributed by atoms with Crippen LogP contribution in [0.3, 0.4) is 0 Å². The summed E-state index contributed by atoms with van der Waals surface area (Å²) in [6.45, 7) is 0.483. The summed E-state index contributed by atoms with van der Waals surface area (Å²) >= 11 is 0. The van der Waals surface area contributed by atoms with Gasteiger partial charge < -0.3 is 15.2 Å². The molecule has 180 valence electrons. The summed E-state index contributed by atoms with van der Waals surface area (Å²) in [6, 6.07) is 25.8. The van der Waals surface area contributed by atoms with Gasteiger partial charge in [0.25, 0.3) is 0 Å². The maximum atomic E-state index is 13.3. The summed E-state index contributed by atoms with van der Waals surface area (Å²) in [4.78, 5) is 39.8. The number of rotatable bonds is 8. The zero-order valence-electron chi connectivity index (χ0n) is 19.2. The van der Waals surface area contributed by atoms with E-state index in [2.05, 4.69) is 5.32 Å². The summed E-state index contributed by atoms with van der Waals surface area (Å²) in [5.74, 6) is -2.24. The molecule has 0 spiro atoms. The van der Waals surface area contributed by atoms with Gasteiger partial charge in [0, 0.05) is 12.5 Å². The zero-order valence-corrected chi connectivity index (χ0v) is 19.2. The molecule has 35 heavy (non-hydrogen) atoms. The average molecular weight is 473 g/mol. The zero-order chi connectivity index (χ0) is 24.6. The Balaban J connectivity index is 1.51. The highest BCUT2D eigenvalue weighted by molar-refractivity contribution is 5.90. The second kappa shape index (κ2) is 11.3. The first-order valence-electron chi connectivity index (χ1n) is 11.6. The molecule has 1 aliphatic rings. The number of carbonyl (C=O) groups is 3. The Morgan fingerprint density at radius 1 is 0.886 bits per heavy atom. The molecule has 7 nitrogen and oxygen atoms in total. The van der Waals surface area contributed by atoms with Gasteiger partial charge in [-0.25, -0.2) is 9.59 Å². The molecule has 0 aliphatic carbocycles. The lowest BCUT2D eigenvalue weighted by Gasteiger charge is -2.29. The fourth-order valence-corrected chi connectivity index (χ4v) is 4.50. The molecule has 0 radical (unpaired) electrons. The van der Waals surface area contributed by atoms with E-state index in [0.29, 0.717) is 19.4 Å². The molecule has 4 rings (SSSR count). The van der Waals surface area contributed by atoms with Crippen LogP contribution in [0.25, 0.3) is 0 Å². The van der Waals surface area contributed by atoms with E-state index >= 15 is 0 Å². The van der Waals surface area contributed by atoms with Crippen molar-refractivity contribution in [3.8, 4) is 0 Å². The van der Waals surface area contributed by atoms with E-state index in [1.54, 1.807) is 0 Å². The third kappa shape index (κ3) is 5.87. The van der Waals surface area contributed by atoms with Gasteiger partial charge in [-0.3, -0.25) is 9.69 Å². The Bertz CT molecular complexity index is 1100. The van der Waals surface area contributed by atoms with Crippen molar-refractivity contribution in [2.24, 2.45) is 0 Å². The van der Waals surface area contributed by atoms with Crippen molar-refractivity contribution in [1.29, 1.82) is 0 Å². The summed E-state index contributed by atoms with van der Waals surface area (Å²) in [5.41, 5.74) is 2.40. The van der Waals surface area contributed by atoms with Gasteiger partial charge in [0.05, 0.1) is 0 Å². The fourth-order valence-electron chi connectivity index (χ4n) is 4.50. The van der Waals surface area contributed by atoms with Crippen LogP contribution in [-0.2, 0) is 20.9 Å². The lowest BCUT2D eigenvalue weighted by Crippen LogP contribution is -2.52. The lowest BCUT2D eigenvalue weighted by atomic mass is 9.85. The van der Waals surface area contributed by atoms with E-state index in [-0.39, 0.29) is 6.61 Å². The molecule has 2 atom stereocenters. The Morgan fingerprint density at radius 3 is 1.97 bits per heavy atom. The molecular weight excluding hydrogens is 444 g/mol. The van der Waals surface area contributed by atoms with Crippen LogP contribution in [0.2, 0.25) is 0 Å². The molecule has 2 N–H and O–H groups in total. The molecule has 0 aromatic heterocycles. The summed E-state index contributed by atoms with van der Waals surface area (Å²) < 4.78 is 5.42. The molecular formula is C28H28N2O5. The molecule has 1 saturated heterocycles. The van der Waals surface area contributed by atoms with Crippen molar-refractivity contribution < 1.29 is 24.2 Å². The fraction of sp³-hybridized carbons (Fsp3) is 0.250. The molecule has 1 fully saturated rings. The lowest BCUT2D eigenvalue weighted by molar-refractivity contribution is -0.142. The van der Waals surface area contributed by atoms with Crippen LogP contribution in [0.5, 0.6) is 0 Å². The number of aliphatic carboxylic acids is 1. The van der Waals surface area contributed by atoms with Crippen LogP contribution in [0.15, 0.2) is 91.0 Å². The van der Waals surface area contributed by atoms with Crippen LogP contribution >= 0.6 is 0 Å². The molecule has 0 saturated carbocycles. The number of benzene rings is 3. The standard InChI is InChI=1S/C28H28N2O5/c31-26(23-17-10-18-30(23)28(34)35-19-20-11-4-1-5-12-20)29-25(27(32)33)24(21-13-6-2-7-14-21)22-15-8-3-9-16-22/h1-9,11-16,23-25H,10,17-19H2,(H,29,31)(H,32,33)/t23-,25-/m1/s1. The van der Waals surface area contributed by atoms with Crippen LogP contribution in [0.1, 0.15) is 35.4 Å². The number of hydrogen-bond donors (Lipinski definition) is 2. The van der Waals surface area contributed by atoms with Gasteiger partial charge in [-0.2, -0.15) is 0 Å². The molecule has 3 aromatic rings. The van der Waals surface area contributed by atoms with E-state index in [1.807, 2.05) is 91.0 Å². The maximum absolute atomic E-state index is 13.3. The number of carbonyl (C=O) groups excluding carboxylic acids is 2. The van der Waals surface area contributed by atoms with Gasteiger partial charge in [-0.1, -0.05) is 91.0 Å². The second-order valence-electron chi connectivity index (χ2n) is 8.52. The topological polar surface area (TPSA) is 95.9 Å². The van der Waals surface area contributed by atoms with Gasteiger partial charge in [-0.05, 0) is 29.5 Å². The van der Waals surface area contributed by atoms with Crippen molar-refractivity contribution in [2.75, 3.05) is 6.54 Å². The van der Waals surface area contributed by atoms with E-state index in [9.17, 15) is 19.5 Å². The van der Waals surface area contributed by atoms with Crippen molar-refractivity contribution in [3.05, 3.63) is 108 Å². The molecule has 7 heteroatoms. The molecule has 0 bridgehead atoms. The van der Waals surface area contributed by atoms with Gasteiger partial charge in [0.2, 0.25) is 5.91 Å². The highest BCUT2D eigenvalue weighted by atomic mass is 16.6. The van der Waals surface area contributed by atoms with Crippen molar-refractivity contribution in [1.82, 2.24) is 10.2 Å². The number of ether oxygens (including phenoxy) is 1. The number of nitrogens with one attached hydrogen (secondary N) is 1. The second-order valence-corrected chi connectivity index (χ2v) is 8.52. The van der Waals surface area contributed by atoms with Crippen molar-refractivity contribution in [3.63, 3.8) is 0 Å². The molecule has 0 unspecified atom stereocenters. The largest absolute Gasteiger partial charge is 0.480 e. The van der Waals surface area contributed by atoms with Crippen LogP contribution in [0.4, 0.5) is 4.79 Å². The van der Waals surface area contributed by atoms with E-state index in [0.717, 1.165) is 16.7 Å². The Morgan fingerprint density at radius 2 is 1.43 bits per heavy atom. The normalized spacial score (nSPS) is 16.0. The third-order valence-corrected chi connectivity index (χ3v) is 6.21. The summed E-state index contributed by atoms with van der Waals surface area (Å²) in [6.07, 6.45) is 0.498. The molecule has 1 aliphatic heterocycles. The summed E-state index contributed by atoms with van der Waals surface area (Å²) in [5, 5.41) is 12.8. The molecule has 1 heterocycles. The van der Waals surface area contributed by atoms with E-state index < -0.39 is 36.0 Å². The van der Waals surface area contributed by atoms with Gasteiger partial charge in [0.15, 0.2) is 0 Å². The van der Waals surface area contributed by atoms with Crippen LogP contribution in [-0.4, -0.2) is 46.6 Å². The number of likely N-dealkylation sites (tertiary alicyclic amines) is 1. The number of carboxylic acid groups (broad SMARTS) is 1. The van der Waals surface area contributed by atoms with Gasteiger partial charge in [-0.15, -0.1) is 0 Å². The van der Waals surface area contributed by atoms with Crippen molar-refractivity contribution in [2.45, 2.75) is 37.5 Å². The van der Waals surface area contributed by atoms with Gasteiger partial charge in [0.1, 0.15) is 18.7 Å². The summed E-state index contributed by atoms with van der Waals surface area (Å²) in [7, 11) is 0. The average Bonchev–Trinajstić information content (AvgIpc) is 3.39. The minimum Gasteiger partial charge on any atom is -0.480 e. The highest BCUT2D eigenvalue weighted by Crippen LogP contribution is 2.29. The Hall–Kier alpha value is -4.13. The predicted octanol–water partition coefficient (Wildman–Crippen LogP) is 4.19. The monoisotopic (exact) mass is 472 g/mol. The number of carboxylic acids is 1. The first kappa shape index (κ1) is 24.0. The first-order valence-corrected chi connectivity index (χ1v) is 11.6. The van der Waals surface area contributed by atoms with E-state index in [1.165, 1.54) is 4.90 Å². The van der Waals surface area contributed by atoms with Gasteiger partial charge >= 0.3 is 12.1 Å². The Labute approximate surface area is 204 Å². The first-order chi connectivity index (χ1) is 17.0. The van der Waals surface area contributed by atoms with Crippen LogP contribution < -0.4 is 5.32 Å². The molecule has 2 amide bonds. The maximum Gasteiger partial charge on any atom is 0.410 e. The quantitative estimate of drug-likeness (QED) is 0.513. The Kier molecular flexibility index (Phi) is 7.77. The minimum absolute atomic E-state index is 0.104. The number of nitrogens with zero attached hydrogens (tertiary/aromatic N) is 1. The smallest absolute Gasteiger partial charge is 0.410 e. The van der Waals surface area contributed by atoms with Crippen molar-refractivity contribution >= 4 is 18.0 Å². The predicted molar refractivity (Wildman–Crippen MR) is 131 cm³/mol. The number of amides is 2. The third-order valence-electron chi connectivity index (χ3n) is 6.21. The van der Waals surface area contributed by atoms with Crippen LogP contribution in [0, 0.1) is 0 Å². The van der Waals surface area contributed by atoms with E-state index in [4.69, 9.17) is 4.74 Å². The number of hydrogen-bond acceptors (Lipinski definition) is 4. The highest BCUT2D eigenvalue weighted by Gasteiger charge is 2.39. The molecule has 3 aromatic carbocycles.